The molecule has 1 amide bonds. The minimum Gasteiger partial charge on any atom is -0.349 e. The Morgan fingerprint density at radius 2 is 1.87 bits per heavy atom. The Labute approximate surface area is 182 Å². The Morgan fingerprint density at radius 1 is 1.17 bits per heavy atom. The number of hydrogen-bond donors (Lipinski definition) is 1. The zero-order valence-electron chi connectivity index (χ0n) is 18.7. The molecule has 0 aliphatic rings. The minimum absolute atomic E-state index is 0.00524. The van der Waals surface area contributed by atoms with Crippen LogP contribution in [0, 0.1) is 19.8 Å². The van der Waals surface area contributed by atoms with Crippen molar-refractivity contribution in [3.05, 3.63) is 52.3 Å². The van der Waals surface area contributed by atoms with Gasteiger partial charge in [-0.25, -0.2) is 9.50 Å². The van der Waals surface area contributed by atoms with Gasteiger partial charge in [-0.15, -0.1) is 5.10 Å². The van der Waals surface area contributed by atoms with Gasteiger partial charge in [0.2, 0.25) is 11.1 Å². The van der Waals surface area contributed by atoms with Gasteiger partial charge in [0.25, 0.3) is 5.78 Å². The van der Waals surface area contributed by atoms with Gasteiger partial charge >= 0.3 is 0 Å². The number of thioether (sulfide) groups is 1. The number of benzene rings is 1. The number of aryl methyl sites for hydroxylation is 3. The standard InChI is InChI=1S/C23H31N5OS/c1-7-17-8-10-18(11-9-17)21(14(2)3)25-20(29)13-12-19-15(4)24-22-26-23(30-6)27-28(22)16(19)5/h8-11,14,21H,7,12-13H2,1-6H3,(H,25,29). The highest BCUT2D eigenvalue weighted by atomic mass is 32.2. The number of nitrogens with one attached hydrogen (secondary N) is 1. The fourth-order valence-electron chi connectivity index (χ4n) is 3.72. The van der Waals surface area contributed by atoms with Gasteiger partial charge in [-0.3, -0.25) is 4.79 Å². The third-order valence-corrected chi connectivity index (χ3v) is 6.08. The first-order chi connectivity index (χ1) is 14.3. The van der Waals surface area contributed by atoms with Gasteiger partial charge in [0.05, 0.1) is 6.04 Å². The summed E-state index contributed by atoms with van der Waals surface area (Å²) >= 11 is 1.50. The van der Waals surface area contributed by atoms with Gasteiger partial charge in [0.15, 0.2) is 0 Å². The third kappa shape index (κ3) is 4.83. The lowest BCUT2D eigenvalue weighted by Gasteiger charge is -2.23. The minimum atomic E-state index is 0.00524. The van der Waals surface area contributed by atoms with Gasteiger partial charge in [-0.05, 0) is 55.6 Å². The predicted molar refractivity (Wildman–Crippen MR) is 122 cm³/mol. The van der Waals surface area contributed by atoms with E-state index in [9.17, 15) is 4.79 Å². The molecular formula is C23H31N5OS. The van der Waals surface area contributed by atoms with Crippen molar-refractivity contribution in [2.75, 3.05) is 6.26 Å². The van der Waals surface area contributed by atoms with E-state index in [1.165, 1.54) is 17.3 Å². The average molecular weight is 426 g/mol. The van der Waals surface area contributed by atoms with Crippen LogP contribution in [0.3, 0.4) is 0 Å². The van der Waals surface area contributed by atoms with Crippen molar-refractivity contribution in [1.29, 1.82) is 0 Å². The summed E-state index contributed by atoms with van der Waals surface area (Å²) in [5.74, 6) is 0.969. The molecule has 0 saturated heterocycles. The number of rotatable bonds is 8. The Kier molecular flexibility index (Phi) is 7.13. The molecule has 0 saturated carbocycles. The van der Waals surface area contributed by atoms with E-state index in [2.05, 4.69) is 65.4 Å². The molecule has 0 radical (unpaired) electrons. The van der Waals surface area contributed by atoms with E-state index in [4.69, 9.17) is 0 Å². The van der Waals surface area contributed by atoms with Crippen LogP contribution < -0.4 is 5.32 Å². The maximum absolute atomic E-state index is 12.8. The number of carbonyl (C=O) groups excluding carboxylic acids is 1. The van der Waals surface area contributed by atoms with Crippen molar-refractivity contribution < 1.29 is 4.79 Å². The van der Waals surface area contributed by atoms with Gasteiger partial charge in [0.1, 0.15) is 0 Å². The molecular weight excluding hydrogens is 394 g/mol. The van der Waals surface area contributed by atoms with Crippen LogP contribution in [0.2, 0.25) is 0 Å². The number of hydrogen-bond acceptors (Lipinski definition) is 5. The Hall–Kier alpha value is -2.41. The first kappa shape index (κ1) is 22.3. The van der Waals surface area contributed by atoms with E-state index in [0.29, 0.717) is 29.7 Å². The normalized spacial score (nSPS) is 12.5. The second-order valence-electron chi connectivity index (χ2n) is 7.96. The van der Waals surface area contributed by atoms with Crippen LogP contribution >= 0.6 is 11.8 Å². The SMILES string of the molecule is CCc1ccc(C(NC(=O)CCc2c(C)nc3nc(SC)nn3c2C)C(C)C)cc1. The second kappa shape index (κ2) is 9.60. The van der Waals surface area contributed by atoms with E-state index in [-0.39, 0.29) is 11.9 Å². The molecule has 160 valence electrons. The van der Waals surface area contributed by atoms with Crippen LogP contribution in [0.4, 0.5) is 0 Å². The summed E-state index contributed by atoms with van der Waals surface area (Å²) in [5, 5.41) is 8.43. The topological polar surface area (TPSA) is 72.2 Å². The smallest absolute Gasteiger partial charge is 0.253 e. The fourth-order valence-corrected chi connectivity index (χ4v) is 4.05. The summed E-state index contributed by atoms with van der Waals surface area (Å²) in [6.45, 7) is 10.4. The van der Waals surface area contributed by atoms with Gasteiger partial charge < -0.3 is 5.32 Å². The van der Waals surface area contributed by atoms with E-state index < -0.39 is 0 Å². The number of fused-ring (bicyclic) bond motifs is 1. The molecule has 1 atom stereocenters. The van der Waals surface area contributed by atoms with E-state index in [1.54, 1.807) is 4.52 Å². The highest BCUT2D eigenvalue weighted by molar-refractivity contribution is 7.98. The number of amides is 1. The van der Waals surface area contributed by atoms with Gasteiger partial charge in [0, 0.05) is 17.8 Å². The molecule has 1 N–H and O–H groups in total. The third-order valence-electron chi connectivity index (χ3n) is 5.54. The molecule has 1 aromatic carbocycles. The number of carbonyl (C=O) groups is 1. The Bertz CT molecular complexity index is 1030. The van der Waals surface area contributed by atoms with Crippen LogP contribution in [0.25, 0.3) is 5.78 Å². The fraction of sp³-hybridized carbons (Fsp3) is 0.478. The van der Waals surface area contributed by atoms with Gasteiger partial charge in [-0.1, -0.05) is 56.8 Å². The van der Waals surface area contributed by atoms with Gasteiger partial charge in [-0.2, -0.15) is 4.98 Å². The molecule has 6 nitrogen and oxygen atoms in total. The summed E-state index contributed by atoms with van der Waals surface area (Å²) in [7, 11) is 0. The molecule has 3 aromatic rings. The van der Waals surface area contributed by atoms with E-state index in [1.807, 2.05) is 20.1 Å². The van der Waals surface area contributed by atoms with Crippen molar-refractivity contribution in [2.45, 2.75) is 65.1 Å². The molecule has 0 fully saturated rings. The second-order valence-corrected chi connectivity index (χ2v) is 8.73. The summed E-state index contributed by atoms with van der Waals surface area (Å²) in [4.78, 5) is 21.8. The Morgan fingerprint density at radius 3 is 2.47 bits per heavy atom. The molecule has 0 aliphatic carbocycles. The van der Waals surface area contributed by atoms with Crippen molar-refractivity contribution in [3.63, 3.8) is 0 Å². The predicted octanol–water partition coefficient (Wildman–Crippen LogP) is 4.47. The van der Waals surface area contributed by atoms with Crippen LogP contribution in [-0.2, 0) is 17.6 Å². The Balaban J connectivity index is 1.72. The molecule has 30 heavy (non-hydrogen) atoms. The summed E-state index contributed by atoms with van der Waals surface area (Å²) in [6, 6.07) is 8.55. The lowest BCUT2D eigenvalue weighted by atomic mass is 9.94. The molecule has 3 rings (SSSR count). The molecule has 0 spiro atoms. The van der Waals surface area contributed by atoms with E-state index in [0.717, 1.165) is 28.9 Å². The van der Waals surface area contributed by atoms with Crippen molar-refractivity contribution >= 4 is 23.4 Å². The highest BCUT2D eigenvalue weighted by Gasteiger charge is 2.19. The van der Waals surface area contributed by atoms with Crippen LogP contribution in [0.15, 0.2) is 29.4 Å². The number of nitrogens with zero attached hydrogens (tertiary/aromatic N) is 4. The first-order valence-electron chi connectivity index (χ1n) is 10.5. The zero-order chi connectivity index (χ0) is 21.8. The maximum Gasteiger partial charge on any atom is 0.253 e. The number of aromatic nitrogens is 4. The molecule has 0 bridgehead atoms. The average Bonchev–Trinajstić information content (AvgIpc) is 3.15. The largest absolute Gasteiger partial charge is 0.349 e. The van der Waals surface area contributed by atoms with Crippen LogP contribution in [0.5, 0.6) is 0 Å². The molecule has 1 unspecified atom stereocenters. The maximum atomic E-state index is 12.8. The molecule has 0 aliphatic heterocycles. The van der Waals surface area contributed by atoms with Crippen LogP contribution in [-0.4, -0.2) is 31.7 Å². The lowest BCUT2D eigenvalue weighted by Crippen LogP contribution is -2.32. The summed E-state index contributed by atoms with van der Waals surface area (Å²) < 4.78 is 1.78. The molecule has 2 aromatic heterocycles. The van der Waals surface area contributed by atoms with Crippen molar-refractivity contribution in [2.24, 2.45) is 5.92 Å². The van der Waals surface area contributed by atoms with Crippen molar-refractivity contribution in [1.82, 2.24) is 24.9 Å². The lowest BCUT2D eigenvalue weighted by molar-refractivity contribution is -0.122. The zero-order valence-corrected chi connectivity index (χ0v) is 19.5. The van der Waals surface area contributed by atoms with E-state index >= 15 is 0 Å². The highest BCUT2D eigenvalue weighted by Crippen LogP contribution is 2.23. The quantitative estimate of drug-likeness (QED) is 0.539. The van der Waals surface area contributed by atoms with Crippen molar-refractivity contribution in [3.8, 4) is 0 Å². The summed E-state index contributed by atoms with van der Waals surface area (Å²) in [6.07, 6.45) is 4.00. The first-order valence-corrected chi connectivity index (χ1v) is 11.7. The van der Waals surface area contributed by atoms with Crippen LogP contribution in [0.1, 0.15) is 61.3 Å². The summed E-state index contributed by atoms with van der Waals surface area (Å²) in [5.41, 5.74) is 5.41. The molecule has 2 heterocycles. The monoisotopic (exact) mass is 425 g/mol. The molecule has 7 heteroatoms.